The van der Waals surface area contributed by atoms with Crippen LogP contribution in [0.1, 0.15) is 59.5 Å². The van der Waals surface area contributed by atoms with Crippen LogP contribution in [0.2, 0.25) is 0 Å². The largest absolute Gasteiger partial charge is 0.478 e. The summed E-state index contributed by atoms with van der Waals surface area (Å²) in [5.74, 6) is -0.188. The highest BCUT2D eigenvalue weighted by atomic mass is 19.4. The molecule has 0 saturated heterocycles. The van der Waals surface area contributed by atoms with Gasteiger partial charge in [-0.1, -0.05) is 19.3 Å². The van der Waals surface area contributed by atoms with Crippen LogP contribution in [0.4, 0.5) is 24.7 Å². The Morgan fingerprint density at radius 3 is 2.47 bits per heavy atom. The fourth-order valence-corrected chi connectivity index (χ4v) is 4.18. The third kappa shape index (κ3) is 4.46. The summed E-state index contributed by atoms with van der Waals surface area (Å²) in [5.41, 5.74) is 1.79. The molecule has 1 N–H and O–H groups in total. The summed E-state index contributed by atoms with van der Waals surface area (Å²) in [5, 5.41) is 13.0. The van der Waals surface area contributed by atoms with E-state index in [2.05, 4.69) is 10.1 Å². The first-order chi connectivity index (χ1) is 15.2. The van der Waals surface area contributed by atoms with Crippen LogP contribution in [0.5, 0.6) is 0 Å². The summed E-state index contributed by atoms with van der Waals surface area (Å²) in [4.78, 5) is 17.3. The number of halogens is 3. The topological polar surface area (TPSA) is 71.2 Å². The molecule has 0 bridgehead atoms. The fourth-order valence-electron chi connectivity index (χ4n) is 4.18. The van der Waals surface area contributed by atoms with Gasteiger partial charge in [-0.2, -0.15) is 18.3 Å². The van der Waals surface area contributed by atoms with Crippen molar-refractivity contribution >= 4 is 17.5 Å². The first kappa shape index (κ1) is 21.9. The van der Waals surface area contributed by atoms with E-state index >= 15 is 0 Å². The standard InChI is InChI=1S/C23H23F3N4O2/c1-29(21-10-7-16(12-27-21)22(31)32)20-9-8-18(11-19(20)15-5-3-2-4-6-15)30-14-17(13-28-30)23(24,25)26/h7-15H,2-6H2,1H3,(H,31,32). The quantitative estimate of drug-likeness (QED) is 0.539. The van der Waals surface area contributed by atoms with E-state index in [0.717, 1.165) is 49.3 Å². The Morgan fingerprint density at radius 1 is 1.12 bits per heavy atom. The van der Waals surface area contributed by atoms with Crippen LogP contribution < -0.4 is 4.90 Å². The summed E-state index contributed by atoms with van der Waals surface area (Å²) in [6.45, 7) is 0. The molecule has 6 nitrogen and oxygen atoms in total. The van der Waals surface area contributed by atoms with Crippen LogP contribution in [0, 0.1) is 0 Å². The second-order valence-electron chi connectivity index (χ2n) is 8.02. The Balaban J connectivity index is 1.73. The van der Waals surface area contributed by atoms with Crippen LogP contribution in [-0.4, -0.2) is 32.9 Å². The number of aromatic carboxylic acids is 1. The molecule has 1 aromatic carbocycles. The van der Waals surface area contributed by atoms with Crippen LogP contribution >= 0.6 is 0 Å². The normalized spacial score (nSPS) is 15.0. The van der Waals surface area contributed by atoms with E-state index in [0.29, 0.717) is 11.5 Å². The molecule has 0 atom stereocenters. The maximum absolute atomic E-state index is 13.0. The Morgan fingerprint density at radius 2 is 1.88 bits per heavy atom. The van der Waals surface area contributed by atoms with Crippen LogP contribution in [0.25, 0.3) is 5.69 Å². The minimum atomic E-state index is -4.45. The van der Waals surface area contributed by atoms with Crippen LogP contribution in [-0.2, 0) is 6.18 Å². The van der Waals surface area contributed by atoms with E-state index in [9.17, 15) is 18.0 Å². The molecule has 1 fully saturated rings. The van der Waals surface area contributed by atoms with Gasteiger partial charge in [0, 0.05) is 25.1 Å². The zero-order chi connectivity index (χ0) is 22.9. The second kappa shape index (κ2) is 8.64. The molecular formula is C23H23F3N4O2. The molecule has 3 aromatic rings. The summed E-state index contributed by atoms with van der Waals surface area (Å²) >= 11 is 0. The van der Waals surface area contributed by atoms with Crippen molar-refractivity contribution in [1.29, 1.82) is 0 Å². The van der Waals surface area contributed by atoms with Gasteiger partial charge in [-0.3, -0.25) is 0 Å². The van der Waals surface area contributed by atoms with Crippen molar-refractivity contribution in [3.8, 4) is 5.69 Å². The predicted molar refractivity (Wildman–Crippen MR) is 114 cm³/mol. The minimum Gasteiger partial charge on any atom is -0.478 e. The molecular weight excluding hydrogens is 421 g/mol. The highest BCUT2D eigenvalue weighted by molar-refractivity contribution is 5.87. The van der Waals surface area contributed by atoms with Gasteiger partial charge in [0.1, 0.15) is 5.82 Å². The first-order valence-corrected chi connectivity index (χ1v) is 10.4. The highest BCUT2D eigenvalue weighted by Gasteiger charge is 2.32. The molecule has 0 radical (unpaired) electrons. The lowest BCUT2D eigenvalue weighted by atomic mass is 9.83. The number of hydrogen-bond acceptors (Lipinski definition) is 4. The molecule has 4 rings (SSSR count). The van der Waals surface area contributed by atoms with E-state index in [1.807, 2.05) is 24.1 Å². The molecule has 2 aromatic heterocycles. The second-order valence-corrected chi connectivity index (χ2v) is 8.02. The number of nitrogens with zero attached hydrogens (tertiary/aromatic N) is 4. The monoisotopic (exact) mass is 444 g/mol. The van der Waals surface area contributed by atoms with Crippen molar-refractivity contribution in [3.63, 3.8) is 0 Å². The summed E-state index contributed by atoms with van der Waals surface area (Å²) in [7, 11) is 1.85. The van der Waals surface area contributed by atoms with Crippen LogP contribution in [0.15, 0.2) is 48.9 Å². The average Bonchev–Trinajstić information content (AvgIpc) is 3.30. The lowest BCUT2D eigenvalue weighted by molar-refractivity contribution is -0.137. The van der Waals surface area contributed by atoms with Gasteiger partial charge in [0.05, 0.1) is 23.0 Å². The Hall–Kier alpha value is -3.36. The van der Waals surface area contributed by atoms with Crippen molar-refractivity contribution in [2.24, 2.45) is 0 Å². The Labute approximate surface area is 183 Å². The Bertz CT molecular complexity index is 1100. The number of carboxylic acid groups (broad SMARTS) is 1. The Kier molecular flexibility index (Phi) is 5.90. The maximum Gasteiger partial charge on any atom is 0.419 e. The molecule has 2 heterocycles. The summed E-state index contributed by atoms with van der Waals surface area (Å²) in [6.07, 6.45) is 4.07. The number of alkyl halides is 3. The van der Waals surface area contributed by atoms with E-state index in [-0.39, 0.29) is 11.5 Å². The lowest BCUT2D eigenvalue weighted by Crippen LogP contribution is -2.17. The van der Waals surface area contributed by atoms with Crippen molar-refractivity contribution in [2.75, 3.05) is 11.9 Å². The number of anilines is 2. The van der Waals surface area contributed by atoms with Gasteiger partial charge in [-0.25, -0.2) is 14.5 Å². The average molecular weight is 444 g/mol. The van der Waals surface area contributed by atoms with E-state index in [1.165, 1.54) is 23.4 Å². The van der Waals surface area contributed by atoms with E-state index in [1.54, 1.807) is 12.1 Å². The zero-order valence-corrected chi connectivity index (χ0v) is 17.5. The molecule has 1 aliphatic rings. The van der Waals surface area contributed by atoms with Gasteiger partial charge < -0.3 is 10.0 Å². The number of rotatable bonds is 5. The molecule has 168 valence electrons. The predicted octanol–water partition coefficient (Wildman–Crippen LogP) is 5.80. The molecule has 0 unspecified atom stereocenters. The molecule has 0 spiro atoms. The van der Waals surface area contributed by atoms with Crippen molar-refractivity contribution in [3.05, 3.63) is 65.6 Å². The van der Waals surface area contributed by atoms with Gasteiger partial charge in [-0.05, 0) is 54.7 Å². The molecule has 0 amide bonds. The first-order valence-electron chi connectivity index (χ1n) is 10.4. The van der Waals surface area contributed by atoms with Gasteiger partial charge in [0.2, 0.25) is 0 Å². The molecule has 32 heavy (non-hydrogen) atoms. The molecule has 1 saturated carbocycles. The fraction of sp³-hybridized carbons (Fsp3) is 0.348. The zero-order valence-electron chi connectivity index (χ0n) is 17.5. The number of carbonyl (C=O) groups is 1. The lowest BCUT2D eigenvalue weighted by Gasteiger charge is -2.29. The number of aromatic nitrogens is 3. The minimum absolute atomic E-state index is 0.101. The van der Waals surface area contributed by atoms with E-state index < -0.39 is 17.7 Å². The van der Waals surface area contributed by atoms with Crippen LogP contribution in [0.3, 0.4) is 0 Å². The molecule has 0 aliphatic heterocycles. The van der Waals surface area contributed by atoms with E-state index in [4.69, 9.17) is 5.11 Å². The van der Waals surface area contributed by atoms with Crippen molar-refractivity contribution in [1.82, 2.24) is 14.8 Å². The number of benzene rings is 1. The third-order valence-corrected chi connectivity index (χ3v) is 5.93. The van der Waals surface area contributed by atoms with Crippen molar-refractivity contribution < 1.29 is 23.1 Å². The number of pyridine rings is 1. The summed E-state index contributed by atoms with van der Waals surface area (Å²) < 4.78 is 40.3. The summed E-state index contributed by atoms with van der Waals surface area (Å²) in [6, 6.07) is 8.64. The number of hydrogen-bond donors (Lipinski definition) is 1. The highest BCUT2D eigenvalue weighted by Crippen LogP contribution is 2.40. The van der Waals surface area contributed by atoms with Gasteiger partial charge in [0.25, 0.3) is 0 Å². The number of carboxylic acids is 1. The molecule has 1 aliphatic carbocycles. The smallest absolute Gasteiger partial charge is 0.419 e. The van der Waals surface area contributed by atoms with Crippen molar-refractivity contribution in [2.45, 2.75) is 44.2 Å². The van der Waals surface area contributed by atoms with Gasteiger partial charge >= 0.3 is 12.1 Å². The SMILES string of the molecule is CN(c1ccc(C(=O)O)cn1)c1ccc(-n2cc(C(F)(F)F)cn2)cc1C1CCCCC1. The van der Waals surface area contributed by atoms with Gasteiger partial charge in [-0.15, -0.1) is 0 Å². The third-order valence-electron chi connectivity index (χ3n) is 5.93. The molecule has 9 heteroatoms. The van der Waals surface area contributed by atoms with Gasteiger partial charge in [0.15, 0.2) is 0 Å². The maximum atomic E-state index is 13.0.